The summed E-state index contributed by atoms with van der Waals surface area (Å²) in [5.41, 5.74) is -0.363. The van der Waals surface area contributed by atoms with Crippen molar-refractivity contribution in [3.63, 3.8) is 0 Å². The van der Waals surface area contributed by atoms with Gasteiger partial charge in [-0.3, -0.25) is 9.59 Å². The molecule has 0 fully saturated rings. The van der Waals surface area contributed by atoms with Crippen LogP contribution in [0.4, 0.5) is 30.7 Å². The van der Waals surface area contributed by atoms with E-state index >= 15 is 0 Å². The summed E-state index contributed by atoms with van der Waals surface area (Å²) in [6.07, 6.45) is -9.45. The smallest absolute Gasteiger partial charge is 0.370 e. The normalized spacial score (nSPS) is 11.8. The standard InChI is InChI=1S/C28H22F7N5O3/c29-22-12-18(6-11-21(22)28(33,34)35)13-36-26(42)24-23(15-43-14-17-4-2-1-3-5-17)40(39-38-24)20-9-7-19(8-10-20)25(41)37-16-27(30,31)32/h1-12H,13-16H2,(H,36,42)(H,37,41). The van der Waals surface area contributed by atoms with E-state index in [0.29, 0.717) is 17.8 Å². The molecule has 4 rings (SSSR count). The lowest BCUT2D eigenvalue weighted by atomic mass is 10.1. The minimum absolute atomic E-state index is 0.0586. The van der Waals surface area contributed by atoms with Gasteiger partial charge in [-0.1, -0.05) is 41.6 Å². The van der Waals surface area contributed by atoms with Crippen LogP contribution in [0.3, 0.4) is 0 Å². The van der Waals surface area contributed by atoms with Crippen LogP contribution < -0.4 is 10.6 Å². The van der Waals surface area contributed by atoms with Gasteiger partial charge < -0.3 is 15.4 Å². The van der Waals surface area contributed by atoms with E-state index in [1.54, 1.807) is 17.4 Å². The lowest BCUT2D eigenvalue weighted by Gasteiger charge is -2.12. The molecule has 0 atom stereocenters. The molecule has 1 heterocycles. The molecule has 0 aliphatic carbocycles. The quantitative estimate of drug-likeness (QED) is 0.236. The molecule has 0 spiro atoms. The van der Waals surface area contributed by atoms with Gasteiger partial charge in [0.1, 0.15) is 18.1 Å². The van der Waals surface area contributed by atoms with Gasteiger partial charge in [0, 0.05) is 12.1 Å². The van der Waals surface area contributed by atoms with E-state index in [9.17, 15) is 40.3 Å². The van der Waals surface area contributed by atoms with Crippen molar-refractivity contribution in [3.8, 4) is 5.69 Å². The fraction of sp³-hybridized carbons (Fsp3) is 0.214. The van der Waals surface area contributed by atoms with Gasteiger partial charge in [-0.25, -0.2) is 9.07 Å². The van der Waals surface area contributed by atoms with Crippen LogP contribution in [0.25, 0.3) is 5.69 Å². The Morgan fingerprint density at radius 2 is 1.51 bits per heavy atom. The van der Waals surface area contributed by atoms with Crippen LogP contribution in [0.5, 0.6) is 0 Å². The fourth-order valence-corrected chi connectivity index (χ4v) is 3.86. The van der Waals surface area contributed by atoms with E-state index < -0.39 is 42.1 Å². The van der Waals surface area contributed by atoms with Crippen molar-refractivity contribution in [1.82, 2.24) is 25.6 Å². The van der Waals surface area contributed by atoms with Gasteiger partial charge >= 0.3 is 12.4 Å². The summed E-state index contributed by atoms with van der Waals surface area (Å²) in [4.78, 5) is 25.1. The third kappa shape index (κ3) is 8.38. The molecule has 226 valence electrons. The van der Waals surface area contributed by atoms with E-state index in [2.05, 4.69) is 15.6 Å². The van der Waals surface area contributed by atoms with E-state index in [1.807, 2.05) is 18.2 Å². The summed E-state index contributed by atoms with van der Waals surface area (Å²) in [7, 11) is 0. The monoisotopic (exact) mass is 609 g/mol. The molecule has 8 nitrogen and oxygen atoms in total. The molecule has 2 amide bonds. The van der Waals surface area contributed by atoms with Gasteiger partial charge in [0.05, 0.1) is 24.5 Å². The van der Waals surface area contributed by atoms with E-state index in [1.165, 1.54) is 28.9 Å². The predicted molar refractivity (Wildman–Crippen MR) is 137 cm³/mol. The molecule has 0 radical (unpaired) electrons. The Morgan fingerprint density at radius 3 is 2.14 bits per heavy atom. The van der Waals surface area contributed by atoms with Crippen molar-refractivity contribution >= 4 is 11.8 Å². The minimum atomic E-state index is -4.87. The van der Waals surface area contributed by atoms with E-state index in [0.717, 1.165) is 11.6 Å². The lowest BCUT2D eigenvalue weighted by Crippen LogP contribution is -2.33. The summed E-state index contributed by atoms with van der Waals surface area (Å²) >= 11 is 0. The number of halogens is 7. The first kappa shape index (κ1) is 31.2. The zero-order valence-corrected chi connectivity index (χ0v) is 22.0. The Kier molecular flexibility index (Phi) is 9.43. The third-order valence-electron chi connectivity index (χ3n) is 5.94. The zero-order valence-electron chi connectivity index (χ0n) is 22.0. The molecule has 0 saturated carbocycles. The van der Waals surface area contributed by atoms with Gasteiger partial charge in [-0.15, -0.1) is 5.10 Å². The van der Waals surface area contributed by atoms with Crippen molar-refractivity contribution in [2.45, 2.75) is 32.1 Å². The van der Waals surface area contributed by atoms with Crippen molar-refractivity contribution < 1.29 is 45.1 Å². The van der Waals surface area contributed by atoms with Crippen molar-refractivity contribution in [2.75, 3.05) is 6.54 Å². The zero-order chi connectivity index (χ0) is 31.2. The Balaban J connectivity index is 1.53. The molecule has 3 aromatic carbocycles. The molecule has 2 N–H and O–H groups in total. The first-order valence-corrected chi connectivity index (χ1v) is 12.5. The number of benzene rings is 3. The van der Waals surface area contributed by atoms with Crippen LogP contribution in [-0.2, 0) is 30.7 Å². The number of rotatable bonds is 10. The second kappa shape index (κ2) is 13.0. The van der Waals surface area contributed by atoms with Crippen LogP contribution in [0.2, 0.25) is 0 Å². The highest BCUT2D eigenvalue weighted by atomic mass is 19.4. The average Bonchev–Trinajstić information content (AvgIpc) is 3.38. The SMILES string of the molecule is O=C(NCC(F)(F)F)c1ccc(-n2nnc(C(=O)NCc3ccc(C(F)(F)F)c(F)c3)c2COCc2ccccc2)cc1. The number of aromatic nitrogens is 3. The molecule has 0 saturated heterocycles. The van der Waals surface area contributed by atoms with Gasteiger partial charge in [0.15, 0.2) is 5.69 Å². The van der Waals surface area contributed by atoms with Gasteiger partial charge in [0.25, 0.3) is 11.8 Å². The van der Waals surface area contributed by atoms with Crippen LogP contribution in [0.1, 0.15) is 43.2 Å². The number of nitrogens with one attached hydrogen (secondary N) is 2. The minimum Gasteiger partial charge on any atom is -0.370 e. The third-order valence-corrected chi connectivity index (χ3v) is 5.94. The number of amides is 2. The highest BCUT2D eigenvalue weighted by Crippen LogP contribution is 2.31. The van der Waals surface area contributed by atoms with Gasteiger partial charge in [0.2, 0.25) is 0 Å². The largest absolute Gasteiger partial charge is 0.419 e. The summed E-state index contributed by atoms with van der Waals surface area (Å²) in [6, 6.07) is 16.6. The number of hydrogen-bond acceptors (Lipinski definition) is 5. The average molecular weight is 610 g/mol. The maximum absolute atomic E-state index is 14.0. The molecule has 1 aromatic heterocycles. The highest BCUT2D eigenvalue weighted by Gasteiger charge is 2.34. The summed E-state index contributed by atoms with van der Waals surface area (Å²) < 4.78 is 96.8. The first-order chi connectivity index (χ1) is 20.3. The van der Waals surface area contributed by atoms with E-state index in [-0.39, 0.29) is 42.3 Å². The van der Waals surface area contributed by atoms with Crippen LogP contribution in [0, 0.1) is 5.82 Å². The first-order valence-electron chi connectivity index (χ1n) is 12.5. The Hall–Kier alpha value is -4.79. The number of carbonyl (C=O) groups excluding carboxylic acids is 2. The molecule has 15 heteroatoms. The Bertz CT molecular complexity index is 1570. The maximum atomic E-state index is 14.0. The molecule has 4 aromatic rings. The number of alkyl halides is 6. The fourth-order valence-electron chi connectivity index (χ4n) is 3.86. The summed E-state index contributed by atoms with van der Waals surface area (Å²) in [5, 5.41) is 12.1. The number of nitrogens with zero attached hydrogens (tertiary/aromatic N) is 3. The van der Waals surface area contributed by atoms with Crippen molar-refractivity contribution in [3.05, 3.63) is 112 Å². The number of hydrogen-bond donors (Lipinski definition) is 2. The topological polar surface area (TPSA) is 98.1 Å². The highest BCUT2D eigenvalue weighted by molar-refractivity contribution is 5.94. The molecule has 43 heavy (non-hydrogen) atoms. The van der Waals surface area contributed by atoms with Gasteiger partial charge in [-0.2, -0.15) is 26.3 Å². The predicted octanol–water partition coefficient (Wildman–Crippen LogP) is 5.36. The van der Waals surface area contributed by atoms with Crippen molar-refractivity contribution in [2.24, 2.45) is 0 Å². The molecular weight excluding hydrogens is 587 g/mol. The second-order valence-electron chi connectivity index (χ2n) is 9.11. The molecule has 0 aliphatic heterocycles. The molecule has 0 aliphatic rings. The van der Waals surface area contributed by atoms with Gasteiger partial charge in [-0.05, 0) is 47.5 Å². The lowest BCUT2D eigenvalue weighted by molar-refractivity contribution is -0.140. The molecule has 0 bridgehead atoms. The van der Waals surface area contributed by atoms with Crippen LogP contribution in [-0.4, -0.2) is 39.5 Å². The Labute approximate surface area is 239 Å². The second-order valence-corrected chi connectivity index (χ2v) is 9.11. The number of ether oxygens (including phenoxy) is 1. The van der Waals surface area contributed by atoms with Crippen LogP contribution >= 0.6 is 0 Å². The number of carbonyl (C=O) groups is 2. The Morgan fingerprint density at radius 1 is 0.814 bits per heavy atom. The summed E-state index contributed by atoms with van der Waals surface area (Å²) in [5.74, 6) is -3.22. The maximum Gasteiger partial charge on any atom is 0.419 e. The summed E-state index contributed by atoms with van der Waals surface area (Å²) in [6.45, 7) is -1.87. The molecule has 0 unspecified atom stereocenters. The van der Waals surface area contributed by atoms with Crippen LogP contribution in [0.15, 0.2) is 72.8 Å². The van der Waals surface area contributed by atoms with Crippen molar-refractivity contribution in [1.29, 1.82) is 0 Å². The molecular formula is C28H22F7N5O3. The van der Waals surface area contributed by atoms with E-state index in [4.69, 9.17) is 4.74 Å².